The number of rotatable bonds is 6. The molecule has 1 aliphatic rings. The second-order valence-corrected chi connectivity index (χ2v) is 5.60. The summed E-state index contributed by atoms with van der Waals surface area (Å²) >= 11 is 0. The van der Waals surface area contributed by atoms with Gasteiger partial charge in [-0.05, 0) is 36.8 Å². The van der Waals surface area contributed by atoms with E-state index in [9.17, 15) is 0 Å². The average molecular weight is 262 g/mol. The Morgan fingerprint density at radius 1 is 1.37 bits per heavy atom. The lowest BCUT2D eigenvalue weighted by Gasteiger charge is -2.29. The SMILES string of the molecule is CCCOc1cccnc1NCC1CCCCC1C. The zero-order valence-corrected chi connectivity index (χ0v) is 12.2. The molecule has 1 fully saturated rings. The second-order valence-electron chi connectivity index (χ2n) is 5.60. The van der Waals surface area contributed by atoms with Crippen LogP contribution in [0.5, 0.6) is 5.75 Å². The number of hydrogen-bond donors (Lipinski definition) is 1. The van der Waals surface area contributed by atoms with Gasteiger partial charge in [0.25, 0.3) is 0 Å². The Labute approximate surface area is 116 Å². The first-order valence-electron chi connectivity index (χ1n) is 7.63. The molecular formula is C16H26N2O. The van der Waals surface area contributed by atoms with Crippen LogP contribution in [0.1, 0.15) is 46.0 Å². The highest BCUT2D eigenvalue weighted by Gasteiger charge is 2.21. The van der Waals surface area contributed by atoms with Crippen LogP contribution in [0, 0.1) is 11.8 Å². The van der Waals surface area contributed by atoms with Crippen LogP contribution in [0.25, 0.3) is 0 Å². The van der Waals surface area contributed by atoms with Gasteiger partial charge in [-0.15, -0.1) is 0 Å². The van der Waals surface area contributed by atoms with Crippen LogP contribution in [-0.2, 0) is 0 Å². The van der Waals surface area contributed by atoms with Gasteiger partial charge in [0, 0.05) is 12.7 Å². The highest BCUT2D eigenvalue weighted by atomic mass is 16.5. The Bertz CT molecular complexity index is 381. The van der Waals surface area contributed by atoms with E-state index in [2.05, 4.69) is 24.1 Å². The summed E-state index contributed by atoms with van der Waals surface area (Å²) in [6.07, 6.45) is 8.32. The van der Waals surface area contributed by atoms with E-state index in [0.717, 1.165) is 43.0 Å². The summed E-state index contributed by atoms with van der Waals surface area (Å²) in [5, 5.41) is 3.49. The molecule has 1 aromatic heterocycles. The largest absolute Gasteiger partial charge is 0.490 e. The van der Waals surface area contributed by atoms with Crippen LogP contribution < -0.4 is 10.1 Å². The standard InChI is InChI=1S/C16H26N2O/c1-3-11-19-15-9-6-10-17-16(15)18-12-14-8-5-4-7-13(14)2/h6,9-10,13-14H,3-5,7-8,11-12H2,1-2H3,(H,17,18). The van der Waals surface area contributed by atoms with E-state index in [-0.39, 0.29) is 0 Å². The van der Waals surface area contributed by atoms with Gasteiger partial charge in [0.15, 0.2) is 11.6 Å². The molecule has 1 saturated carbocycles. The van der Waals surface area contributed by atoms with E-state index in [1.54, 1.807) is 0 Å². The third-order valence-corrected chi connectivity index (χ3v) is 4.05. The van der Waals surface area contributed by atoms with Crippen molar-refractivity contribution in [2.45, 2.75) is 46.0 Å². The summed E-state index contributed by atoms with van der Waals surface area (Å²) in [5.74, 6) is 3.38. The maximum absolute atomic E-state index is 5.73. The summed E-state index contributed by atoms with van der Waals surface area (Å²) < 4.78 is 5.73. The highest BCUT2D eigenvalue weighted by Crippen LogP contribution is 2.30. The third kappa shape index (κ3) is 4.12. The molecule has 0 saturated heterocycles. The van der Waals surface area contributed by atoms with Crippen molar-refractivity contribution in [1.82, 2.24) is 4.98 Å². The number of ether oxygens (including phenoxy) is 1. The number of anilines is 1. The maximum atomic E-state index is 5.73. The lowest BCUT2D eigenvalue weighted by Crippen LogP contribution is -2.24. The first-order chi connectivity index (χ1) is 9.31. The lowest BCUT2D eigenvalue weighted by molar-refractivity contribution is 0.268. The Morgan fingerprint density at radius 2 is 2.21 bits per heavy atom. The summed E-state index contributed by atoms with van der Waals surface area (Å²) in [6.45, 7) is 6.26. The van der Waals surface area contributed by atoms with Gasteiger partial charge >= 0.3 is 0 Å². The van der Waals surface area contributed by atoms with Gasteiger partial charge in [0.2, 0.25) is 0 Å². The lowest BCUT2D eigenvalue weighted by atomic mass is 9.80. The van der Waals surface area contributed by atoms with Gasteiger partial charge in [-0.3, -0.25) is 0 Å². The molecule has 0 bridgehead atoms. The highest BCUT2D eigenvalue weighted by molar-refractivity contribution is 5.49. The smallest absolute Gasteiger partial charge is 0.168 e. The minimum Gasteiger partial charge on any atom is -0.490 e. The van der Waals surface area contributed by atoms with Crippen LogP contribution in [0.3, 0.4) is 0 Å². The van der Waals surface area contributed by atoms with Gasteiger partial charge in [0.05, 0.1) is 6.61 Å². The molecular weight excluding hydrogens is 236 g/mol. The zero-order valence-electron chi connectivity index (χ0n) is 12.2. The molecule has 3 heteroatoms. The predicted octanol–water partition coefficient (Wildman–Crippen LogP) is 4.11. The van der Waals surface area contributed by atoms with E-state index >= 15 is 0 Å². The number of nitrogens with zero attached hydrogens (tertiary/aromatic N) is 1. The molecule has 2 atom stereocenters. The zero-order chi connectivity index (χ0) is 13.5. The first-order valence-corrected chi connectivity index (χ1v) is 7.63. The van der Waals surface area contributed by atoms with Crippen LogP contribution in [-0.4, -0.2) is 18.1 Å². The molecule has 1 heterocycles. The van der Waals surface area contributed by atoms with Gasteiger partial charge in [-0.2, -0.15) is 0 Å². The van der Waals surface area contributed by atoms with Crippen molar-refractivity contribution in [2.75, 3.05) is 18.5 Å². The van der Waals surface area contributed by atoms with Crippen molar-refractivity contribution in [3.8, 4) is 5.75 Å². The average Bonchev–Trinajstić information content (AvgIpc) is 2.45. The second kappa shape index (κ2) is 7.37. The molecule has 0 aliphatic heterocycles. The monoisotopic (exact) mass is 262 g/mol. The quantitative estimate of drug-likeness (QED) is 0.837. The Kier molecular flexibility index (Phi) is 5.49. The van der Waals surface area contributed by atoms with Crippen molar-refractivity contribution in [1.29, 1.82) is 0 Å². The minimum atomic E-state index is 0.750. The molecule has 1 N–H and O–H groups in total. The fourth-order valence-corrected chi connectivity index (χ4v) is 2.78. The van der Waals surface area contributed by atoms with Gasteiger partial charge < -0.3 is 10.1 Å². The number of pyridine rings is 1. The molecule has 3 nitrogen and oxygen atoms in total. The fraction of sp³-hybridized carbons (Fsp3) is 0.688. The van der Waals surface area contributed by atoms with Crippen LogP contribution in [0.2, 0.25) is 0 Å². The molecule has 0 spiro atoms. The van der Waals surface area contributed by atoms with Gasteiger partial charge in [0.1, 0.15) is 0 Å². The van der Waals surface area contributed by atoms with E-state index in [0.29, 0.717) is 0 Å². The predicted molar refractivity (Wildman–Crippen MR) is 79.6 cm³/mol. The Morgan fingerprint density at radius 3 is 3.00 bits per heavy atom. The van der Waals surface area contributed by atoms with E-state index in [1.807, 2.05) is 18.3 Å². The first kappa shape index (κ1) is 14.2. The fourth-order valence-electron chi connectivity index (χ4n) is 2.78. The Balaban J connectivity index is 1.91. The summed E-state index contributed by atoms with van der Waals surface area (Å²) in [5.41, 5.74) is 0. The molecule has 0 radical (unpaired) electrons. The molecule has 0 amide bonds. The molecule has 2 rings (SSSR count). The summed E-state index contributed by atoms with van der Waals surface area (Å²) in [6, 6.07) is 3.93. The van der Waals surface area contributed by atoms with Crippen molar-refractivity contribution >= 4 is 5.82 Å². The van der Waals surface area contributed by atoms with E-state index in [4.69, 9.17) is 4.74 Å². The van der Waals surface area contributed by atoms with Crippen LogP contribution in [0.4, 0.5) is 5.82 Å². The van der Waals surface area contributed by atoms with Gasteiger partial charge in [-0.25, -0.2) is 4.98 Å². The minimum absolute atomic E-state index is 0.750. The van der Waals surface area contributed by atoms with E-state index in [1.165, 1.54) is 25.7 Å². The van der Waals surface area contributed by atoms with Crippen molar-refractivity contribution in [3.63, 3.8) is 0 Å². The molecule has 1 aromatic rings. The molecule has 19 heavy (non-hydrogen) atoms. The van der Waals surface area contributed by atoms with Crippen LogP contribution in [0.15, 0.2) is 18.3 Å². The maximum Gasteiger partial charge on any atom is 0.168 e. The normalized spacial score (nSPS) is 23.1. The molecule has 106 valence electrons. The Hall–Kier alpha value is -1.25. The topological polar surface area (TPSA) is 34.1 Å². The van der Waals surface area contributed by atoms with Crippen molar-refractivity contribution in [2.24, 2.45) is 11.8 Å². The number of nitrogens with one attached hydrogen (secondary N) is 1. The van der Waals surface area contributed by atoms with Crippen LogP contribution >= 0.6 is 0 Å². The third-order valence-electron chi connectivity index (χ3n) is 4.05. The number of hydrogen-bond acceptors (Lipinski definition) is 3. The summed E-state index contributed by atoms with van der Waals surface area (Å²) in [7, 11) is 0. The van der Waals surface area contributed by atoms with Crippen molar-refractivity contribution < 1.29 is 4.74 Å². The summed E-state index contributed by atoms with van der Waals surface area (Å²) in [4.78, 5) is 4.40. The van der Waals surface area contributed by atoms with E-state index < -0.39 is 0 Å². The molecule has 0 aromatic carbocycles. The van der Waals surface area contributed by atoms with Crippen molar-refractivity contribution in [3.05, 3.63) is 18.3 Å². The molecule has 2 unspecified atom stereocenters. The number of aromatic nitrogens is 1. The molecule has 1 aliphatic carbocycles. The van der Waals surface area contributed by atoms with Gasteiger partial charge in [-0.1, -0.05) is 33.1 Å².